The molecule has 0 spiro atoms. The van der Waals surface area contributed by atoms with Crippen molar-refractivity contribution in [1.82, 2.24) is 0 Å². The van der Waals surface area contributed by atoms with Gasteiger partial charge < -0.3 is 5.32 Å². The number of rotatable bonds is 5. The molecule has 0 saturated carbocycles. The molecule has 2 heteroatoms. The maximum atomic E-state index is 12.1. The second-order valence-corrected chi connectivity index (χ2v) is 4.47. The molecule has 0 saturated heterocycles. The Kier molecular flexibility index (Phi) is 5.20. The van der Waals surface area contributed by atoms with Gasteiger partial charge >= 0.3 is 0 Å². The molecule has 1 aromatic carbocycles. The van der Waals surface area contributed by atoms with Crippen molar-refractivity contribution in [3.05, 3.63) is 29.3 Å². The number of nitrogens with one attached hydrogen (secondary N) is 1. The molecule has 0 fully saturated rings. The zero-order valence-electron chi connectivity index (χ0n) is 11.3. The summed E-state index contributed by atoms with van der Waals surface area (Å²) >= 11 is 0. The van der Waals surface area contributed by atoms with Gasteiger partial charge in [-0.1, -0.05) is 39.0 Å². The van der Waals surface area contributed by atoms with Gasteiger partial charge in [-0.2, -0.15) is 0 Å². The van der Waals surface area contributed by atoms with Crippen LogP contribution in [0.1, 0.15) is 44.7 Å². The molecular formula is C15H23NO. The van der Waals surface area contributed by atoms with Gasteiger partial charge in [0.25, 0.3) is 0 Å². The molecule has 1 N–H and O–H groups in total. The summed E-state index contributed by atoms with van der Waals surface area (Å²) in [6, 6.07) is 6.16. The highest BCUT2D eigenvalue weighted by molar-refractivity contribution is 5.94. The van der Waals surface area contributed by atoms with Crippen LogP contribution in [0.5, 0.6) is 0 Å². The predicted octanol–water partition coefficient (Wildman–Crippen LogP) is 3.93. The number of benzene rings is 1. The number of hydrogen-bond donors (Lipinski definition) is 1. The standard InChI is InChI=1S/C15H23NO/c1-5-12(6-2)15(17)16-14-11(4)9-8-10-13(14)7-3/h8-10,12H,5-7H2,1-4H3,(H,16,17). The van der Waals surface area contributed by atoms with Crippen LogP contribution in [0.3, 0.4) is 0 Å². The van der Waals surface area contributed by atoms with E-state index in [2.05, 4.69) is 32.2 Å². The van der Waals surface area contributed by atoms with E-state index >= 15 is 0 Å². The molecule has 0 bridgehead atoms. The van der Waals surface area contributed by atoms with Crippen molar-refractivity contribution in [2.75, 3.05) is 5.32 Å². The van der Waals surface area contributed by atoms with Crippen molar-refractivity contribution in [3.8, 4) is 0 Å². The lowest BCUT2D eigenvalue weighted by atomic mass is 10.0. The first-order valence-corrected chi connectivity index (χ1v) is 6.53. The van der Waals surface area contributed by atoms with Crippen LogP contribution in [0.2, 0.25) is 0 Å². The average Bonchev–Trinajstić information content (AvgIpc) is 2.33. The third kappa shape index (κ3) is 3.32. The average molecular weight is 233 g/mol. The molecule has 0 radical (unpaired) electrons. The van der Waals surface area contributed by atoms with E-state index in [1.165, 1.54) is 5.56 Å². The summed E-state index contributed by atoms with van der Waals surface area (Å²) in [5.41, 5.74) is 3.36. The van der Waals surface area contributed by atoms with Gasteiger partial charge in [0.15, 0.2) is 0 Å². The Morgan fingerprint density at radius 1 is 1.24 bits per heavy atom. The minimum absolute atomic E-state index is 0.124. The van der Waals surface area contributed by atoms with Gasteiger partial charge in [-0.3, -0.25) is 4.79 Å². The molecule has 17 heavy (non-hydrogen) atoms. The summed E-state index contributed by atoms with van der Waals surface area (Å²) in [5, 5.41) is 3.09. The molecule has 0 aliphatic rings. The van der Waals surface area contributed by atoms with Crippen LogP contribution in [0.4, 0.5) is 5.69 Å². The van der Waals surface area contributed by atoms with Gasteiger partial charge in [0.1, 0.15) is 0 Å². The number of amides is 1. The lowest BCUT2D eigenvalue weighted by Crippen LogP contribution is -2.22. The number of hydrogen-bond acceptors (Lipinski definition) is 1. The highest BCUT2D eigenvalue weighted by Gasteiger charge is 2.16. The first-order chi connectivity index (χ1) is 8.13. The number of anilines is 1. The van der Waals surface area contributed by atoms with Crippen LogP contribution in [0.25, 0.3) is 0 Å². The number of para-hydroxylation sites is 1. The molecule has 0 heterocycles. The minimum atomic E-state index is 0.124. The van der Waals surface area contributed by atoms with Gasteiger partial charge in [-0.15, -0.1) is 0 Å². The third-order valence-electron chi connectivity index (χ3n) is 3.34. The summed E-state index contributed by atoms with van der Waals surface area (Å²) in [6.07, 6.45) is 2.74. The Labute approximate surface area is 104 Å². The first kappa shape index (κ1) is 13.8. The molecule has 0 atom stereocenters. The van der Waals surface area contributed by atoms with E-state index in [-0.39, 0.29) is 11.8 Å². The van der Waals surface area contributed by atoms with E-state index in [4.69, 9.17) is 0 Å². The second-order valence-electron chi connectivity index (χ2n) is 4.47. The zero-order valence-corrected chi connectivity index (χ0v) is 11.3. The Morgan fingerprint density at radius 2 is 1.88 bits per heavy atom. The van der Waals surface area contributed by atoms with Crippen LogP contribution in [-0.2, 0) is 11.2 Å². The van der Waals surface area contributed by atoms with Crippen molar-refractivity contribution >= 4 is 11.6 Å². The summed E-state index contributed by atoms with van der Waals surface area (Å²) in [4.78, 5) is 12.1. The van der Waals surface area contributed by atoms with Gasteiger partial charge in [0.05, 0.1) is 0 Å². The summed E-state index contributed by atoms with van der Waals surface area (Å²) in [7, 11) is 0. The Balaban J connectivity index is 2.91. The fourth-order valence-corrected chi connectivity index (χ4v) is 2.09. The van der Waals surface area contributed by atoms with Gasteiger partial charge in [-0.25, -0.2) is 0 Å². The van der Waals surface area contributed by atoms with Crippen molar-refractivity contribution in [2.45, 2.75) is 47.0 Å². The first-order valence-electron chi connectivity index (χ1n) is 6.53. The molecular weight excluding hydrogens is 210 g/mol. The van der Waals surface area contributed by atoms with Crippen LogP contribution in [-0.4, -0.2) is 5.91 Å². The Morgan fingerprint density at radius 3 is 2.41 bits per heavy atom. The molecule has 1 rings (SSSR count). The monoisotopic (exact) mass is 233 g/mol. The lowest BCUT2D eigenvalue weighted by Gasteiger charge is -2.17. The summed E-state index contributed by atoms with van der Waals surface area (Å²) in [5.74, 6) is 0.276. The predicted molar refractivity (Wildman–Crippen MR) is 73.3 cm³/mol. The molecule has 94 valence electrons. The largest absolute Gasteiger partial charge is 0.325 e. The van der Waals surface area contributed by atoms with Gasteiger partial charge in [0, 0.05) is 11.6 Å². The van der Waals surface area contributed by atoms with Crippen LogP contribution < -0.4 is 5.32 Å². The zero-order chi connectivity index (χ0) is 12.8. The minimum Gasteiger partial charge on any atom is -0.325 e. The molecule has 0 aliphatic heterocycles. The highest BCUT2D eigenvalue weighted by Crippen LogP contribution is 2.22. The third-order valence-corrected chi connectivity index (χ3v) is 3.34. The maximum Gasteiger partial charge on any atom is 0.227 e. The quantitative estimate of drug-likeness (QED) is 0.820. The van der Waals surface area contributed by atoms with Crippen molar-refractivity contribution in [1.29, 1.82) is 0 Å². The normalized spacial score (nSPS) is 10.6. The van der Waals surface area contributed by atoms with E-state index in [1.54, 1.807) is 0 Å². The molecule has 0 aromatic heterocycles. The fourth-order valence-electron chi connectivity index (χ4n) is 2.09. The Hall–Kier alpha value is -1.31. The second kappa shape index (κ2) is 6.43. The van der Waals surface area contributed by atoms with Gasteiger partial charge in [0.2, 0.25) is 5.91 Å². The van der Waals surface area contributed by atoms with Crippen molar-refractivity contribution < 1.29 is 4.79 Å². The van der Waals surface area contributed by atoms with Crippen LogP contribution in [0, 0.1) is 12.8 Å². The van der Waals surface area contributed by atoms with Crippen LogP contribution in [0.15, 0.2) is 18.2 Å². The Bertz CT molecular complexity index is 381. The van der Waals surface area contributed by atoms with E-state index in [9.17, 15) is 4.79 Å². The smallest absolute Gasteiger partial charge is 0.227 e. The van der Waals surface area contributed by atoms with Crippen molar-refractivity contribution in [2.24, 2.45) is 5.92 Å². The van der Waals surface area contributed by atoms with E-state index in [0.29, 0.717) is 0 Å². The molecule has 2 nitrogen and oxygen atoms in total. The summed E-state index contributed by atoms with van der Waals surface area (Å²) in [6.45, 7) is 8.28. The topological polar surface area (TPSA) is 29.1 Å². The fraction of sp³-hybridized carbons (Fsp3) is 0.533. The molecule has 0 aliphatic carbocycles. The van der Waals surface area contributed by atoms with Crippen molar-refractivity contribution in [3.63, 3.8) is 0 Å². The van der Waals surface area contributed by atoms with E-state index < -0.39 is 0 Å². The molecule has 1 aromatic rings. The number of aryl methyl sites for hydroxylation is 2. The number of carbonyl (C=O) groups excluding carboxylic acids is 1. The molecule has 1 amide bonds. The molecule has 0 unspecified atom stereocenters. The lowest BCUT2D eigenvalue weighted by molar-refractivity contribution is -0.120. The highest BCUT2D eigenvalue weighted by atomic mass is 16.1. The van der Waals surface area contributed by atoms with Gasteiger partial charge in [-0.05, 0) is 37.3 Å². The summed E-state index contributed by atoms with van der Waals surface area (Å²) < 4.78 is 0. The number of carbonyl (C=O) groups is 1. The van der Waals surface area contributed by atoms with Crippen LogP contribution >= 0.6 is 0 Å². The maximum absolute atomic E-state index is 12.1. The van der Waals surface area contributed by atoms with E-state index in [0.717, 1.165) is 30.5 Å². The van der Waals surface area contributed by atoms with E-state index in [1.807, 2.05) is 19.1 Å². The SMILES string of the molecule is CCc1cccc(C)c1NC(=O)C(CC)CC.